The number of carbonyl (C=O) groups is 2. The summed E-state index contributed by atoms with van der Waals surface area (Å²) in [4.78, 5) is 22.1. The molecule has 0 aromatic carbocycles. The van der Waals surface area contributed by atoms with Crippen LogP contribution in [0.25, 0.3) is 0 Å². The summed E-state index contributed by atoms with van der Waals surface area (Å²) < 4.78 is 0. The Morgan fingerprint density at radius 1 is 1.08 bits per heavy atom. The lowest BCUT2D eigenvalue weighted by atomic mass is 10.1. The van der Waals surface area contributed by atoms with Crippen molar-refractivity contribution in [2.75, 3.05) is 0 Å². The van der Waals surface area contributed by atoms with E-state index in [9.17, 15) is 9.59 Å². The molecule has 0 bridgehead atoms. The van der Waals surface area contributed by atoms with Crippen molar-refractivity contribution < 1.29 is 9.59 Å². The van der Waals surface area contributed by atoms with Gasteiger partial charge in [-0.2, -0.15) is 0 Å². The predicted molar refractivity (Wildman–Crippen MR) is 46.7 cm³/mol. The van der Waals surface area contributed by atoms with E-state index in [-0.39, 0.29) is 23.4 Å². The average molecular weight is 168 g/mol. The SMILES string of the molecule is CCCC1[C@@H](C(C)=O)[C@@H]1C(C)=O. The predicted octanol–water partition coefficient (Wildman–Crippen LogP) is 1.83. The Balaban J connectivity index is 2.55. The van der Waals surface area contributed by atoms with Crippen LogP contribution < -0.4 is 0 Å². The highest BCUT2D eigenvalue weighted by Gasteiger charge is 2.54. The molecule has 1 aliphatic rings. The standard InChI is InChI=1S/C10H16O2/c1-4-5-8-9(6(2)11)10(8)7(3)12/h8-10H,4-5H2,1-3H3/t9-,10-/m1/s1. The minimum atomic E-state index is 0.0578. The second-order valence-electron chi connectivity index (χ2n) is 3.73. The molecule has 68 valence electrons. The van der Waals surface area contributed by atoms with Gasteiger partial charge in [0.05, 0.1) is 0 Å². The molecule has 0 amide bonds. The van der Waals surface area contributed by atoms with Gasteiger partial charge >= 0.3 is 0 Å². The molecule has 1 rings (SSSR count). The fourth-order valence-electron chi connectivity index (χ4n) is 2.17. The largest absolute Gasteiger partial charge is 0.300 e. The first kappa shape index (κ1) is 9.43. The molecule has 0 aromatic heterocycles. The Labute approximate surface area is 73.3 Å². The molecule has 2 nitrogen and oxygen atoms in total. The first-order chi connectivity index (χ1) is 5.59. The van der Waals surface area contributed by atoms with E-state index in [0.717, 1.165) is 12.8 Å². The highest BCUT2D eigenvalue weighted by atomic mass is 16.1. The molecular weight excluding hydrogens is 152 g/mol. The molecule has 0 aliphatic heterocycles. The minimum absolute atomic E-state index is 0.0578. The maximum atomic E-state index is 11.1. The molecule has 0 unspecified atom stereocenters. The van der Waals surface area contributed by atoms with E-state index in [0.29, 0.717) is 5.92 Å². The molecule has 2 atom stereocenters. The van der Waals surface area contributed by atoms with Crippen molar-refractivity contribution in [3.63, 3.8) is 0 Å². The van der Waals surface area contributed by atoms with Crippen molar-refractivity contribution >= 4 is 11.6 Å². The molecule has 1 saturated carbocycles. The van der Waals surface area contributed by atoms with Crippen LogP contribution in [0.2, 0.25) is 0 Å². The zero-order valence-electron chi connectivity index (χ0n) is 7.96. The lowest BCUT2D eigenvalue weighted by Gasteiger charge is -1.90. The Kier molecular flexibility index (Phi) is 2.65. The maximum absolute atomic E-state index is 11.1. The average Bonchev–Trinajstić information content (AvgIpc) is 2.63. The molecule has 0 heterocycles. The van der Waals surface area contributed by atoms with Gasteiger partial charge in [-0.15, -0.1) is 0 Å². The van der Waals surface area contributed by atoms with Crippen LogP contribution in [0.15, 0.2) is 0 Å². The molecule has 1 aliphatic carbocycles. The molecular formula is C10H16O2. The van der Waals surface area contributed by atoms with Gasteiger partial charge in [-0.25, -0.2) is 0 Å². The van der Waals surface area contributed by atoms with Crippen LogP contribution in [0.3, 0.4) is 0 Å². The highest BCUT2D eigenvalue weighted by Crippen LogP contribution is 2.50. The number of rotatable bonds is 4. The third-order valence-electron chi connectivity index (χ3n) is 2.73. The van der Waals surface area contributed by atoms with Crippen LogP contribution in [0.1, 0.15) is 33.6 Å². The van der Waals surface area contributed by atoms with E-state index < -0.39 is 0 Å². The van der Waals surface area contributed by atoms with Gasteiger partial charge in [0.25, 0.3) is 0 Å². The fraction of sp³-hybridized carbons (Fsp3) is 0.800. The number of ketones is 2. The smallest absolute Gasteiger partial charge is 0.133 e. The molecule has 2 heteroatoms. The monoisotopic (exact) mass is 168 g/mol. The van der Waals surface area contributed by atoms with Crippen LogP contribution in [0, 0.1) is 17.8 Å². The second kappa shape index (κ2) is 3.38. The van der Waals surface area contributed by atoms with E-state index in [1.54, 1.807) is 13.8 Å². The summed E-state index contributed by atoms with van der Waals surface area (Å²) in [7, 11) is 0. The van der Waals surface area contributed by atoms with Gasteiger partial charge < -0.3 is 0 Å². The van der Waals surface area contributed by atoms with Gasteiger partial charge in [0.2, 0.25) is 0 Å². The first-order valence-corrected chi connectivity index (χ1v) is 4.60. The van der Waals surface area contributed by atoms with Gasteiger partial charge in [-0.05, 0) is 26.2 Å². The topological polar surface area (TPSA) is 34.1 Å². The summed E-state index contributed by atoms with van der Waals surface area (Å²) >= 11 is 0. The van der Waals surface area contributed by atoms with Crippen LogP contribution in [0.5, 0.6) is 0 Å². The van der Waals surface area contributed by atoms with Crippen molar-refractivity contribution in [2.45, 2.75) is 33.6 Å². The number of carbonyl (C=O) groups excluding carboxylic acids is 2. The summed E-state index contributed by atoms with van der Waals surface area (Å²) in [5.74, 6) is 0.859. The zero-order chi connectivity index (χ0) is 9.30. The van der Waals surface area contributed by atoms with E-state index in [4.69, 9.17) is 0 Å². The third-order valence-corrected chi connectivity index (χ3v) is 2.73. The number of hydrogen-bond donors (Lipinski definition) is 0. The summed E-state index contributed by atoms with van der Waals surface area (Å²) in [6.07, 6.45) is 2.09. The summed E-state index contributed by atoms with van der Waals surface area (Å²) in [5.41, 5.74) is 0. The normalized spacial score (nSPS) is 33.1. The van der Waals surface area contributed by atoms with Crippen LogP contribution in [-0.4, -0.2) is 11.6 Å². The maximum Gasteiger partial charge on any atom is 0.133 e. The van der Waals surface area contributed by atoms with Crippen molar-refractivity contribution in [3.05, 3.63) is 0 Å². The molecule has 0 N–H and O–H groups in total. The number of hydrogen-bond acceptors (Lipinski definition) is 2. The Morgan fingerprint density at radius 2 is 1.50 bits per heavy atom. The lowest BCUT2D eigenvalue weighted by molar-refractivity contribution is -0.122. The van der Waals surface area contributed by atoms with Gasteiger partial charge in [-0.1, -0.05) is 13.3 Å². The van der Waals surface area contributed by atoms with Gasteiger partial charge in [0.15, 0.2) is 0 Å². The Bertz CT molecular complexity index is 188. The second-order valence-corrected chi connectivity index (χ2v) is 3.73. The van der Waals surface area contributed by atoms with Crippen molar-refractivity contribution in [1.29, 1.82) is 0 Å². The van der Waals surface area contributed by atoms with Crippen LogP contribution in [-0.2, 0) is 9.59 Å². The van der Waals surface area contributed by atoms with E-state index in [1.165, 1.54) is 0 Å². The molecule has 12 heavy (non-hydrogen) atoms. The summed E-state index contributed by atoms with van der Waals surface area (Å²) in [6, 6.07) is 0. The zero-order valence-corrected chi connectivity index (χ0v) is 7.96. The first-order valence-electron chi connectivity index (χ1n) is 4.60. The van der Waals surface area contributed by atoms with E-state index >= 15 is 0 Å². The van der Waals surface area contributed by atoms with Gasteiger partial charge in [0, 0.05) is 11.8 Å². The third kappa shape index (κ3) is 1.57. The van der Waals surface area contributed by atoms with Crippen LogP contribution in [0.4, 0.5) is 0 Å². The minimum Gasteiger partial charge on any atom is -0.300 e. The van der Waals surface area contributed by atoms with Crippen molar-refractivity contribution in [1.82, 2.24) is 0 Å². The van der Waals surface area contributed by atoms with Gasteiger partial charge in [0.1, 0.15) is 11.6 Å². The van der Waals surface area contributed by atoms with Crippen LogP contribution >= 0.6 is 0 Å². The van der Waals surface area contributed by atoms with Crippen molar-refractivity contribution in [2.24, 2.45) is 17.8 Å². The van der Waals surface area contributed by atoms with Crippen molar-refractivity contribution in [3.8, 4) is 0 Å². The molecule has 0 saturated heterocycles. The quantitative estimate of drug-likeness (QED) is 0.641. The molecule has 1 fully saturated rings. The summed E-state index contributed by atoms with van der Waals surface area (Å²) in [6.45, 7) is 5.28. The summed E-state index contributed by atoms with van der Waals surface area (Å²) in [5, 5.41) is 0. The molecule has 0 radical (unpaired) electrons. The molecule has 0 spiro atoms. The fourth-order valence-corrected chi connectivity index (χ4v) is 2.17. The highest BCUT2D eigenvalue weighted by molar-refractivity contribution is 5.93. The van der Waals surface area contributed by atoms with Gasteiger partial charge in [-0.3, -0.25) is 9.59 Å². The Hall–Kier alpha value is -0.660. The molecule has 0 aromatic rings. The lowest BCUT2D eigenvalue weighted by Crippen LogP contribution is -2.01. The Morgan fingerprint density at radius 3 is 1.75 bits per heavy atom. The van der Waals surface area contributed by atoms with E-state index in [1.807, 2.05) is 0 Å². The number of Topliss-reactive ketones (excluding diaryl/α,β-unsaturated/α-hetero) is 2. The van der Waals surface area contributed by atoms with E-state index in [2.05, 4.69) is 6.92 Å².